The lowest BCUT2D eigenvalue weighted by Crippen LogP contribution is -2.22. The number of methoxy groups -OCH3 is 2. The Hall–Kier alpha value is -2.41. The number of thiophene rings is 1. The minimum atomic E-state index is -0.508. The van der Waals surface area contributed by atoms with Crippen molar-refractivity contribution in [2.45, 2.75) is 6.54 Å². The summed E-state index contributed by atoms with van der Waals surface area (Å²) in [5.41, 5.74) is 0.976. The van der Waals surface area contributed by atoms with Crippen molar-refractivity contribution in [1.82, 2.24) is 10.3 Å². The smallest absolute Gasteiger partial charge is 0.356 e. The van der Waals surface area contributed by atoms with Gasteiger partial charge in [-0.2, -0.15) is 0 Å². The number of rotatable bonds is 5. The van der Waals surface area contributed by atoms with E-state index < -0.39 is 5.97 Å². The standard InChI is InChI=1S/C14H14N2O4S/c1-19-10-6-12(21-8-10)13(17)16-7-9-3-4-15-11(5-9)14(18)20-2/h3-6,8H,7H2,1-2H3,(H,16,17). The Labute approximate surface area is 125 Å². The fourth-order valence-corrected chi connectivity index (χ4v) is 2.39. The minimum Gasteiger partial charge on any atom is -0.496 e. The molecule has 1 amide bonds. The highest BCUT2D eigenvalue weighted by Gasteiger charge is 2.11. The van der Waals surface area contributed by atoms with Crippen LogP contribution in [0.25, 0.3) is 0 Å². The second-order valence-electron chi connectivity index (χ2n) is 4.07. The molecule has 0 radical (unpaired) electrons. The SMILES string of the molecule is COC(=O)c1cc(CNC(=O)c2cc(OC)cs2)ccn1. The highest BCUT2D eigenvalue weighted by atomic mass is 32.1. The molecule has 2 aromatic heterocycles. The largest absolute Gasteiger partial charge is 0.496 e. The van der Waals surface area contributed by atoms with Gasteiger partial charge in [0.25, 0.3) is 5.91 Å². The number of hydrogen-bond donors (Lipinski definition) is 1. The van der Waals surface area contributed by atoms with E-state index in [9.17, 15) is 9.59 Å². The van der Waals surface area contributed by atoms with Crippen LogP contribution in [0.2, 0.25) is 0 Å². The average molecular weight is 306 g/mol. The third kappa shape index (κ3) is 3.79. The van der Waals surface area contributed by atoms with E-state index in [2.05, 4.69) is 15.0 Å². The number of amides is 1. The molecule has 110 valence electrons. The summed E-state index contributed by atoms with van der Waals surface area (Å²) in [5, 5.41) is 4.53. The number of ether oxygens (including phenoxy) is 2. The second-order valence-corrected chi connectivity index (χ2v) is 4.99. The van der Waals surface area contributed by atoms with Gasteiger partial charge in [-0.25, -0.2) is 9.78 Å². The molecule has 0 saturated carbocycles. The normalized spacial score (nSPS) is 10.0. The van der Waals surface area contributed by atoms with Crippen LogP contribution in [0.15, 0.2) is 29.8 Å². The molecule has 0 atom stereocenters. The molecule has 0 aromatic carbocycles. The van der Waals surface area contributed by atoms with E-state index in [0.717, 1.165) is 5.56 Å². The van der Waals surface area contributed by atoms with Crippen LogP contribution >= 0.6 is 11.3 Å². The number of nitrogens with zero attached hydrogens (tertiary/aromatic N) is 1. The van der Waals surface area contributed by atoms with Crippen LogP contribution in [0, 0.1) is 0 Å². The zero-order valence-electron chi connectivity index (χ0n) is 11.6. The molecule has 0 aliphatic rings. The van der Waals surface area contributed by atoms with E-state index in [1.54, 1.807) is 30.7 Å². The van der Waals surface area contributed by atoms with Crippen LogP contribution in [0.3, 0.4) is 0 Å². The molecule has 21 heavy (non-hydrogen) atoms. The van der Waals surface area contributed by atoms with Crippen LogP contribution in [0.1, 0.15) is 25.7 Å². The van der Waals surface area contributed by atoms with Gasteiger partial charge < -0.3 is 14.8 Å². The highest BCUT2D eigenvalue weighted by Crippen LogP contribution is 2.20. The van der Waals surface area contributed by atoms with Gasteiger partial charge in [-0.15, -0.1) is 11.3 Å². The van der Waals surface area contributed by atoms with Gasteiger partial charge in [0.2, 0.25) is 0 Å². The summed E-state index contributed by atoms with van der Waals surface area (Å²) >= 11 is 1.31. The number of hydrogen-bond acceptors (Lipinski definition) is 6. The molecule has 2 heterocycles. The van der Waals surface area contributed by atoms with E-state index in [0.29, 0.717) is 17.2 Å². The topological polar surface area (TPSA) is 77.5 Å². The Bertz CT molecular complexity index is 654. The van der Waals surface area contributed by atoms with E-state index in [1.165, 1.54) is 24.6 Å². The lowest BCUT2D eigenvalue weighted by molar-refractivity contribution is 0.0594. The van der Waals surface area contributed by atoms with E-state index in [1.807, 2.05) is 0 Å². The Morgan fingerprint density at radius 3 is 2.81 bits per heavy atom. The molecule has 0 aliphatic heterocycles. The van der Waals surface area contributed by atoms with Gasteiger partial charge in [0.05, 0.1) is 19.1 Å². The molecular weight excluding hydrogens is 292 g/mol. The first kappa shape index (κ1) is 15.0. The predicted octanol–water partition coefficient (Wildman–Crippen LogP) is 1.87. The van der Waals surface area contributed by atoms with Crippen LogP contribution in [0.4, 0.5) is 0 Å². The Morgan fingerprint density at radius 1 is 1.33 bits per heavy atom. The zero-order valence-corrected chi connectivity index (χ0v) is 12.4. The molecule has 6 nitrogen and oxygen atoms in total. The van der Waals surface area contributed by atoms with Gasteiger partial charge in [-0.3, -0.25) is 4.79 Å². The summed E-state index contributed by atoms with van der Waals surface area (Å²) in [6.45, 7) is 0.297. The van der Waals surface area contributed by atoms with E-state index in [4.69, 9.17) is 4.74 Å². The first-order valence-electron chi connectivity index (χ1n) is 6.08. The molecule has 0 fully saturated rings. The third-order valence-electron chi connectivity index (χ3n) is 2.71. The molecule has 2 aromatic rings. The van der Waals surface area contributed by atoms with Crippen LogP contribution in [-0.2, 0) is 11.3 Å². The second kappa shape index (κ2) is 6.85. The van der Waals surface area contributed by atoms with Crippen LogP contribution in [0.5, 0.6) is 5.75 Å². The number of pyridine rings is 1. The van der Waals surface area contributed by atoms with Crippen molar-refractivity contribution >= 4 is 23.2 Å². The average Bonchev–Trinajstić information content (AvgIpc) is 3.01. The predicted molar refractivity (Wildman–Crippen MR) is 77.6 cm³/mol. The first-order chi connectivity index (χ1) is 10.1. The fourth-order valence-electron chi connectivity index (χ4n) is 1.61. The molecule has 0 saturated heterocycles. The van der Waals surface area contributed by atoms with Gasteiger partial charge in [-0.1, -0.05) is 0 Å². The molecule has 0 bridgehead atoms. The van der Waals surface area contributed by atoms with Crippen LogP contribution in [-0.4, -0.2) is 31.1 Å². The summed E-state index contributed by atoms with van der Waals surface area (Å²) in [6, 6.07) is 4.98. The molecule has 1 N–H and O–H groups in total. The van der Waals surface area contributed by atoms with Gasteiger partial charge >= 0.3 is 5.97 Å². The fraction of sp³-hybridized carbons (Fsp3) is 0.214. The summed E-state index contributed by atoms with van der Waals surface area (Å²) in [7, 11) is 2.84. The van der Waals surface area contributed by atoms with Crippen molar-refractivity contribution in [1.29, 1.82) is 0 Å². The summed E-state index contributed by atoms with van der Waals surface area (Å²) < 4.78 is 9.63. The maximum absolute atomic E-state index is 12.0. The molecule has 0 spiro atoms. The summed E-state index contributed by atoms with van der Waals surface area (Å²) in [6.07, 6.45) is 1.50. The van der Waals surface area contributed by atoms with Crippen molar-refractivity contribution in [2.24, 2.45) is 0 Å². The van der Waals surface area contributed by atoms with Crippen molar-refractivity contribution in [2.75, 3.05) is 14.2 Å². The van der Waals surface area contributed by atoms with Crippen molar-refractivity contribution in [3.05, 3.63) is 45.9 Å². The quantitative estimate of drug-likeness (QED) is 0.853. The molecule has 2 rings (SSSR count). The zero-order chi connectivity index (χ0) is 15.2. The van der Waals surface area contributed by atoms with E-state index in [-0.39, 0.29) is 11.6 Å². The number of aromatic nitrogens is 1. The van der Waals surface area contributed by atoms with Crippen molar-refractivity contribution in [3.8, 4) is 5.75 Å². The van der Waals surface area contributed by atoms with Crippen molar-refractivity contribution < 1.29 is 19.1 Å². The number of esters is 1. The Kier molecular flexibility index (Phi) is 4.89. The van der Waals surface area contributed by atoms with Gasteiger partial charge in [0, 0.05) is 24.2 Å². The molecular formula is C14H14N2O4S. The Balaban J connectivity index is 1.99. The lowest BCUT2D eigenvalue weighted by Gasteiger charge is -2.05. The van der Waals surface area contributed by atoms with Gasteiger partial charge in [0.15, 0.2) is 0 Å². The maximum Gasteiger partial charge on any atom is 0.356 e. The first-order valence-corrected chi connectivity index (χ1v) is 6.96. The van der Waals surface area contributed by atoms with Crippen molar-refractivity contribution in [3.63, 3.8) is 0 Å². The van der Waals surface area contributed by atoms with Gasteiger partial charge in [-0.05, 0) is 17.7 Å². The monoisotopic (exact) mass is 306 g/mol. The number of carbonyl (C=O) groups excluding carboxylic acids is 2. The maximum atomic E-state index is 12.0. The number of nitrogens with one attached hydrogen (secondary N) is 1. The summed E-state index contributed by atoms with van der Waals surface area (Å²) in [5.74, 6) is -0.0482. The highest BCUT2D eigenvalue weighted by molar-refractivity contribution is 7.12. The molecule has 7 heteroatoms. The van der Waals surface area contributed by atoms with Crippen LogP contribution < -0.4 is 10.1 Å². The van der Waals surface area contributed by atoms with Gasteiger partial charge in [0.1, 0.15) is 11.4 Å². The molecule has 0 aliphatic carbocycles. The minimum absolute atomic E-state index is 0.195. The lowest BCUT2D eigenvalue weighted by atomic mass is 10.2. The van der Waals surface area contributed by atoms with E-state index >= 15 is 0 Å². The number of carbonyl (C=O) groups is 2. The Morgan fingerprint density at radius 2 is 2.14 bits per heavy atom. The molecule has 0 unspecified atom stereocenters. The summed E-state index contributed by atoms with van der Waals surface area (Å²) in [4.78, 5) is 27.8. The third-order valence-corrected chi connectivity index (χ3v) is 3.61.